The van der Waals surface area contributed by atoms with E-state index in [4.69, 9.17) is 10.0 Å². The smallest absolute Gasteiger partial charge is 0.266 e. The van der Waals surface area contributed by atoms with Crippen LogP contribution in [0.1, 0.15) is 10.4 Å². The van der Waals surface area contributed by atoms with Gasteiger partial charge < -0.3 is 0 Å². The number of carbonyl (C=O) groups excluding carboxylic acids is 1. The van der Waals surface area contributed by atoms with Gasteiger partial charge in [0.2, 0.25) is 0 Å². The first-order valence-corrected chi connectivity index (χ1v) is 9.97. The Kier molecular flexibility index (Phi) is 4.03. The summed E-state index contributed by atoms with van der Waals surface area (Å²) in [7, 11) is 0. The Hall–Kier alpha value is -3.29. The first-order valence-electron chi connectivity index (χ1n) is 8.75. The molecule has 28 heavy (non-hydrogen) atoms. The van der Waals surface area contributed by atoms with Crippen LogP contribution in [0.4, 0.5) is 11.4 Å². The van der Waals surface area contributed by atoms with Crippen molar-refractivity contribution < 1.29 is 9.73 Å². The molecular formula is C21H16N4O2S. The Bertz CT molecular complexity index is 1190. The molecule has 0 spiro atoms. The van der Waals surface area contributed by atoms with Gasteiger partial charge in [0, 0.05) is 10.9 Å². The van der Waals surface area contributed by atoms with Gasteiger partial charge in [0.05, 0.1) is 16.9 Å². The van der Waals surface area contributed by atoms with Gasteiger partial charge in [0.25, 0.3) is 5.91 Å². The van der Waals surface area contributed by atoms with Gasteiger partial charge in [-0.25, -0.2) is 10.2 Å². The second-order valence-corrected chi connectivity index (χ2v) is 7.09. The summed E-state index contributed by atoms with van der Waals surface area (Å²) < 4.78 is 1.87. The van der Waals surface area contributed by atoms with Gasteiger partial charge >= 0.3 is 0 Å². The van der Waals surface area contributed by atoms with Crippen LogP contribution in [-0.2, 0) is 4.94 Å². The van der Waals surface area contributed by atoms with Crippen molar-refractivity contribution in [2.24, 2.45) is 0 Å². The maximum atomic E-state index is 13.1. The van der Waals surface area contributed by atoms with Crippen LogP contribution in [-0.4, -0.2) is 21.9 Å². The molecule has 2 heterocycles. The minimum Gasteiger partial charge on any atom is -0.266 e. The number of nitrogens with zero attached hydrogens (tertiary/aromatic N) is 3. The van der Waals surface area contributed by atoms with Crippen molar-refractivity contribution in [2.75, 3.05) is 16.8 Å². The van der Waals surface area contributed by atoms with Gasteiger partial charge in [-0.05, 0) is 48.7 Å². The molecular weight excluding hydrogens is 372 g/mol. The summed E-state index contributed by atoms with van der Waals surface area (Å²) in [4.78, 5) is 18.5. The average Bonchev–Trinajstić information content (AvgIpc) is 3.35. The van der Waals surface area contributed by atoms with E-state index >= 15 is 0 Å². The minimum absolute atomic E-state index is 0.245. The van der Waals surface area contributed by atoms with Crippen molar-refractivity contribution in [1.82, 2.24) is 9.78 Å². The highest BCUT2D eigenvalue weighted by Crippen LogP contribution is 2.34. The third-order valence-electron chi connectivity index (χ3n) is 4.64. The number of hydrogen-bond acceptors (Lipinski definition) is 5. The third-order valence-corrected chi connectivity index (χ3v) is 5.33. The lowest BCUT2D eigenvalue weighted by Crippen LogP contribution is -2.28. The standard InChI is InChI=1S/C21H16N4O2S/c1-28-20-16-12-11-14(13-19(16)24(22-20)15-7-3-2-4-8-15)21(26)25-18-10-6-5-9-17(18)23-27-25/h2-13,23H,1H3. The summed E-state index contributed by atoms with van der Waals surface area (Å²) in [6, 6.07) is 23.0. The molecule has 0 aliphatic carbocycles. The molecule has 1 amide bonds. The number of nitrogens with one attached hydrogen (secondary N) is 1. The van der Waals surface area contributed by atoms with Gasteiger partial charge in [-0.2, -0.15) is 10.2 Å². The van der Waals surface area contributed by atoms with Gasteiger partial charge in [0.15, 0.2) is 0 Å². The number of hydroxylamine groups is 1. The lowest BCUT2D eigenvalue weighted by molar-refractivity contribution is 0.0798. The SMILES string of the molecule is CSc1nn(-c2ccccc2)c2cc(C(=O)N3ONc4ccccc43)ccc12. The Morgan fingerprint density at radius 1 is 1.04 bits per heavy atom. The second kappa shape index (κ2) is 6.70. The molecule has 0 bridgehead atoms. The van der Waals surface area contributed by atoms with Crippen molar-refractivity contribution in [3.63, 3.8) is 0 Å². The monoisotopic (exact) mass is 388 g/mol. The molecule has 1 N–H and O–H groups in total. The van der Waals surface area contributed by atoms with Crippen molar-refractivity contribution in [3.05, 3.63) is 78.4 Å². The fraction of sp³-hybridized carbons (Fsp3) is 0.0476. The number of amides is 1. The third kappa shape index (κ3) is 2.64. The fourth-order valence-electron chi connectivity index (χ4n) is 3.29. The summed E-state index contributed by atoms with van der Waals surface area (Å²) in [5.41, 5.74) is 6.57. The van der Waals surface area contributed by atoms with E-state index in [9.17, 15) is 4.79 Å². The van der Waals surface area contributed by atoms with Gasteiger partial charge in [-0.15, -0.1) is 16.7 Å². The highest BCUT2D eigenvalue weighted by Gasteiger charge is 2.27. The summed E-state index contributed by atoms with van der Waals surface area (Å²) >= 11 is 1.58. The molecule has 0 saturated heterocycles. The number of anilines is 2. The number of fused-ring (bicyclic) bond motifs is 2. The molecule has 138 valence electrons. The van der Waals surface area contributed by atoms with Crippen molar-refractivity contribution >= 4 is 39.9 Å². The maximum absolute atomic E-state index is 13.1. The summed E-state index contributed by atoms with van der Waals surface area (Å²) in [6.45, 7) is 0. The predicted molar refractivity (Wildman–Crippen MR) is 111 cm³/mol. The molecule has 3 aromatic carbocycles. The van der Waals surface area contributed by atoms with E-state index in [1.54, 1.807) is 11.8 Å². The largest absolute Gasteiger partial charge is 0.284 e. The maximum Gasteiger partial charge on any atom is 0.284 e. The quantitative estimate of drug-likeness (QED) is 0.517. The van der Waals surface area contributed by atoms with E-state index in [0.717, 1.165) is 27.3 Å². The van der Waals surface area contributed by atoms with Crippen LogP contribution in [0.25, 0.3) is 16.6 Å². The Morgan fingerprint density at radius 2 is 1.82 bits per heavy atom. The molecule has 6 nitrogen and oxygen atoms in total. The van der Waals surface area contributed by atoms with E-state index in [-0.39, 0.29) is 5.91 Å². The highest BCUT2D eigenvalue weighted by molar-refractivity contribution is 7.98. The summed E-state index contributed by atoms with van der Waals surface area (Å²) in [5, 5.41) is 7.92. The van der Waals surface area contributed by atoms with Crippen LogP contribution in [0.15, 0.2) is 77.8 Å². The molecule has 0 radical (unpaired) electrons. The Morgan fingerprint density at radius 3 is 2.64 bits per heavy atom. The minimum atomic E-state index is -0.245. The van der Waals surface area contributed by atoms with Crippen LogP contribution >= 0.6 is 11.8 Å². The van der Waals surface area contributed by atoms with Crippen LogP contribution in [0.3, 0.4) is 0 Å². The topological polar surface area (TPSA) is 59.4 Å². The van der Waals surface area contributed by atoms with Gasteiger partial charge in [-0.3, -0.25) is 4.79 Å². The van der Waals surface area contributed by atoms with Crippen LogP contribution in [0.5, 0.6) is 0 Å². The number of hydrogen-bond donors (Lipinski definition) is 1. The average molecular weight is 388 g/mol. The Labute approximate surface area is 165 Å². The number of rotatable bonds is 3. The van der Waals surface area contributed by atoms with Crippen LogP contribution in [0.2, 0.25) is 0 Å². The van der Waals surface area contributed by atoms with Crippen molar-refractivity contribution in [2.45, 2.75) is 5.03 Å². The molecule has 0 fully saturated rings. The molecule has 5 rings (SSSR count). The molecule has 1 aromatic heterocycles. The first-order chi connectivity index (χ1) is 13.8. The van der Waals surface area contributed by atoms with E-state index in [1.165, 1.54) is 5.06 Å². The predicted octanol–water partition coefficient (Wildman–Crippen LogP) is 4.67. The Balaban J connectivity index is 1.61. The zero-order chi connectivity index (χ0) is 19.1. The van der Waals surface area contributed by atoms with Crippen LogP contribution < -0.4 is 10.5 Å². The molecule has 0 unspecified atom stereocenters. The van der Waals surface area contributed by atoms with Crippen molar-refractivity contribution in [3.8, 4) is 5.69 Å². The number of thioether (sulfide) groups is 1. The normalized spacial score (nSPS) is 12.8. The number of benzene rings is 3. The van der Waals surface area contributed by atoms with E-state index in [1.807, 2.05) is 83.7 Å². The summed E-state index contributed by atoms with van der Waals surface area (Å²) in [6.07, 6.45) is 2.00. The number of para-hydroxylation sites is 3. The second-order valence-electron chi connectivity index (χ2n) is 6.30. The first kappa shape index (κ1) is 16.9. The number of aromatic nitrogens is 2. The number of carbonyl (C=O) groups is 1. The highest BCUT2D eigenvalue weighted by atomic mass is 32.2. The van der Waals surface area contributed by atoms with E-state index in [2.05, 4.69) is 5.48 Å². The molecule has 0 atom stereocenters. The van der Waals surface area contributed by atoms with E-state index in [0.29, 0.717) is 11.3 Å². The van der Waals surface area contributed by atoms with E-state index < -0.39 is 0 Å². The molecule has 0 saturated carbocycles. The zero-order valence-corrected chi connectivity index (χ0v) is 15.8. The molecule has 1 aliphatic heterocycles. The lowest BCUT2D eigenvalue weighted by atomic mass is 10.1. The summed E-state index contributed by atoms with van der Waals surface area (Å²) in [5.74, 6) is -0.245. The van der Waals surface area contributed by atoms with Gasteiger partial charge in [-0.1, -0.05) is 30.3 Å². The zero-order valence-electron chi connectivity index (χ0n) is 15.0. The lowest BCUT2D eigenvalue weighted by Gasteiger charge is -2.13. The molecule has 1 aliphatic rings. The van der Waals surface area contributed by atoms with Gasteiger partial charge in [0.1, 0.15) is 10.7 Å². The van der Waals surface area contributed by atoms with Crippen molar-refractivity contribution in [1.29, 1.82) is 0 Å². The van der Waals surface area contributed by atoms with Crippen LogP contribution in [0, 0.1) is 0 Å². The molecule has 4 aromatic rings. The fourth-order valence-corrected chi connectivity index (χ4v) is 3.84. The molecule has 7 heteroatoms.